The number of anilines is 3. The minimum atomic E-state index is -0.489. The van der Waals surface area contributed by atoms with E-state index < -0.39 is 11.8 Å². The van der Waals surface area contributed by atoms with Crippen molar-refractivity contribution in [3.05, 3.63) is 52.5 Å². The summed E-state index contributed by atoms with van der Waals surface area (Å²) in [6.07, 6.45) is -0.334. The second-order valence-corrected chi connectivity index (χ2v) is 6.40. The maximum absolute atomic E-state index is 12.1. The highest BCUT2D eigenvalue weighted by atomic mass is 35.5. The molecule has 0 saturated heterocycles. The summed E-state index contributed by atoms with van der Waals surface area (Å²) in [5.41, 5.74) is 2.02. The summed E-state index contributed by atoms with van der Waals surface area (Å²) in [6.45, 7) is 5.99. The minimum Gasteiger partial charge on any atom is -0.372 e. The number of carbonyl (C=O) groups excluding carboxylic acids is 2. The van der Waals surface area contributed by atoms with Crippen molar-refractivity contribution in [3.8, 4) is 0 Å². The van der Waals surface area contributed by atoms with E-state index in [1.807, 2.05) is 24.3 Å². The van der Waals surface area contributed by atoms with E-state index in [1.165, 1.54) is 0 Å². The predicted octanol–water partition coefficient (Wildman–Crippen LogP) is 4.81. The molecule has 2 rings (SSSR count). The fraction of sp³-hybridized carbons (Fsp3) is 0.263. The average molecular weight is 394 g/mol. The summed E-state index contributed by atoms with van der Waals surface area (Å²) in [5, 5.41) is 5.91. The Morgan fingerprint density at radius 2 is 1.42 bits per heavy atom. The number of carbonyl (C=O) groups is 2. The first kappa shape index (κ1) is 20.1. The molecule has 7 heteroatoms. The van der Waals surface area contributed by atoms with Crippen LogP contribution in [0.5, 0.6) is 0 Å². The molecule has 0 atom stereocenters. The number of nitrogens with zero attached hydrogens (tertiary/aromatic N) is 1. The Labute approximate surface area is 163 Å². The van der Waals surface area contributed by atoms with Gasteiger partial charge in [0.1, 0.15) is 6.42 Å². The van der Waals surface area contributed by atoms with Crippen LogP contribution in [0.15, 0.2) is 42.5 Å². The monoisotopic (exact) mass is 393 g/mol. The van der Waals surface area contributed by atoms with E-state index in [1.54, 1.807) is 18.2 Å². The van der Waals surface area contributed by atoms with Gasteiger partial charge < -0.3 is 15.5 Å². The lowest BCUT2D eigenvalue weighted by Crippen LogP contribution is -2.22. The zero-order valence-electron chi connectivity index (χ0n) is 14.7. The lowest BCUT2D eigenvalue weighted by Gasteiger charge is -2.21. The summed E-state index contributed by atoms with van der Waals surface area (Å²) in [4.78, 5) is 26.3. The van der Waals surface area contributed by atoms with Crippen LogP contribution in [0.2, 0.25) is 10.0 Å². The van der Waals surface area contributed by atoms with Crippen molar-refractivity contribution < 1.29 is 9.59 Å². The maximum atomic E-state index is 12.1. The standard InChI is InChI=1S/C19H21Cl2N3O2/c1-3-24(4-2)14-10-8-13(9-11-14)22-17(25)12-18(26)23-19-15(20)6-5-7-16(19)21/h5-11H,3-4,12H2,1-2H3,(H,22,25)(H,23,26). The van der Waals surface area contributed by atoms with E-state index in [4.69, 9.17) is 23.2 Å². The van der Waals surface area contributed by atoms with Gasteiger partial charge in [0.15, 0.2) is 0 Å². The van der Waals surface area contributed by atoms with Crippen LogP contribution in [-0.2, 0) is 9.59 Å². The van der Waals surface area contributed by atoms with Crippen LogP contribution in [0.1, 0.15) is 20.3 Å². The number of rotatable bonds is 7. The normalized spacial score (nSPS) is 10.3. The Balaban J connectivity index is 1.93. The third-order valence-electron chi connectivity index (χ3n) is 3.83. The number of hydrogen-bond acceptors (Lipinski definition) is 3. The molecule has 0 bridgehead atoms. The molecule has 0 aromatic heterocycles. The van der Waals surface area contributed by atoms with Gasteiger partial charge in [-0.3, -0.25) is 9.59 Å². The molecule has 2 aromatic rings. The number of amides is 2. The first-order chi connectivity index (χ1) is 12.4. The Morgan fingerprint density at radius 3 is 1.96 bits per heavy atom. The molecule has 5 nitrogen and oxygen atoms in total. The van der Waals surface area contributed by atoms with Crippen molar-refractivity contribution in [1.82, 2.24) is 0 Å². The van der Waals surface area contributed by atoms with Crippen molar-refractivity contribution in [2.24, 2.45) is 0 Å². The van der Waals surface area contributed by atoms with Crippen LogP contribution >= 0.6 is 23.2 Å². The zero-order chi connectivity index (χ0) is 19.1. The molecule has 2 N–H and O–H groups in total. The molecule has 0 heterocycles. The van der Waals surface area contributed by atoms with Gasteiger partial charge in [0.25, 0.3) is 0 Å². The van der Waals surface area contributed by atoms with E-state index in [0.29, 0.717) is 21.4 Å². The average Bonchev–Trinajstić information content (AvgIpc) is 2.60. The Hall–Kier alpha value is -2.24. The Morgan fingerprint density at radius 1 is 0.885 bits per heavy atom. The van der Waals surface area contributed by atoms with Gasteiger partial charge in [-0.25, -0.2) is 0 Å². The molecular weight excluding hydrogens is 373 g/mol. The molecule has 26 heavy (non-hydrogen) atoms. The second-order valence-electron chi connectivity index (χ2n) is 5.59. The highest BCUT2D eigenvalue weighted by Gasteiger charge is 2.13. The van der Waals surface area contributed by atoms with Gasteiger partial charge in [-0.05, 0) is 50.2 Å². The van der Waals surface area contributed by atoms with E-state index in [0.717, 1.165) is 18.8 Å². The second kappa shape index (κ2) is 9.46. The van der Waals surface area contributed by atoms with Crippen LogP contribution in [-0.4, -0.2) is 24.9 Å². The van der Waals surface area contributed by atoms with Gasteiger partial charge in [0, 0.05) is 24.5 Å². The van der Waals surface area contributed by atoms with E-state index in [-0.39, 0.29) is 6.42 Å². The number of hydrogen-bond donors (Lipinski definition) is 2. The van der Waals surface area contributed by atoms with E-state index >= 15 is 0 Å². The third kappa shape index (κ3) is 5.38. The highest BCUT2D eigenvalue weighted by molar-refractivity contribution is 6.39. The van der Waals surface area contributed by atoms with Crippen LogP contribution in [0.4, 0.5) is 17.1 Å². The van der Waals surface area contributed by atoms with Gasteiger partial charge in [-0.2, -0.15) is 0 Å². The Kier molecular flexibility index (Phi) is 7.30. The molecule has 0 unspecified atom stereocenters. The zero-order valence-corrected chi connectivity index (χ0v) is 16.2. The quantitative estimate of drug-likeness (QED) is 0.663. The van der Waals surface area contributed by atoms with Gasteiger partial charge in [-0.1, -0.05) is 29.3 Å². The molecule has 0 saturated carbocycles. The fourth-order valence-corrected chi connectivity index (χ4v) is 2.99. The molecule has 138 valence electrons. The number of para-hydroxylation sites is 1. The molecule has 0 aliphatic heterocycles. The van der Waals surface area contributed by atoms with Crippen LogP contribution in [0.3, 0.4) is 0 Å². The van der Waals surface area contributed by atoms with Crippen LogP contribution in [0, 0.1) is 0 Å². The summed E-state index contributed by atoms with van der Waals surface area (Å²) in [5.74, 6) is -0.904. The van der Waals surface area contributed by atoms with Gasteiger partial charge in [0.05, 0.1) is 15.7 Å². The lowest BCUT2D eigenvalue weighted by atomic mass is 10.2. The lowest BCUT2D eigenvalue weighted by molar-refractivity contribution is -0.123. The molecule has 0 fully saturated rings. The number of halogens is 2. The Bertz CT molecular complexity index is 755. The molecule has 0 radical (unpaired) electrons. The summed E-state index contributed by atoms with van der Waals surface area (Å²) in [6, 6.07) is 12.4. The number of benzene rings is 2. The summed E-state index contributed by atoms with van der Waals surface area (Å²) >= 11 is 12.0. The van der Waals surface area contributed by atoms with Crippen molar-refractivity contribution in [1.29, 1.82) is 0 Å². The van der Waals surface area contributed by atoms with Crippen molar-refractivity contribution >= 4 is 52.1 Å². The molecule has 0 aliphatic rings. The van der Waals surface area contributed by atoms with Crippen molar-refractivity contribution in [2.75, 3.05) is 28.6 Å². The predicted molar refractivity (Wildman–Crippen MR) is 108 cm³/mol. The summed E-state index contributed by atoms with van der Waals surface area (Å²) < 4.78 is 0. The fourth-order valence-electron chi connectivity index (χ4n) is 2.50. The van der Waals surface area contributed by atoms with Crippen molar-refractivity contribution in [3.63, 3.8) is 0 Å². The first-order valence-corrected chi connectivity index (χ1v) is 9.08. The SMILES string of the molecule is CCN(CC)c1ccc(NC(=O)CC(=O)Nc2c(Cl)cccc2Cl)cc1. The largest absolute Gasteiger partial charge is 0.372 e. The van der Waals surface area contributed by atoms with Gasteiger partial charge >= 0.3 is 0 Å². The third-order valence-corrected chi connectivity index (χ3v) is 4.46. The van der Waals surface area contributed by atoms with Gasteiger partial charge in [-0.15, -0.1) is 0 Å². The van der Waals surface area contributed by atoms with E-state index in [9.17, 15) is 9.59 Å². The molecule has 2 aromatic carbocycles. The van der Waals surface area contributed by atoms with Crippen molar-refractivity contribution in [2.45, 2.75) is 20.3 Å². The maximum Gasteiger partial charge on any atom is 0.233 e. The molecule has 0 aliphatic carbocycles. The smallest absolute Gasteiger partial charge is 0.233 e. The topological polar surface area (TPSA) is 61.4 Å². The molecule has 2 amide bonds. The summed E-state index contributed by atoms with van der Waals surface area (Å²) in [7, 11) is 0. The highest BCUT2D eigenvalue weighted by Crippen LogP contribution is 2.29. The molecular formula is C19H21Cl2N3O2. The number of nitrogens with one attached hydrogen (secondary N) is 2. The van der Waals surface area contributed by atoms with Crippen LogP contribution < -0.4 is 15.5 Å². The molecule has 0 spiro atoms. The van der Waals surface area contributed by atoms with Gasteiger partial charge in [0.2, 0.25) is 11.8 Å². The van der Waals surface area contributed by atoms with E-state index in [2.05, 4.69) is 29.4 Å². The van der Waals surface area contributed by atoms with Crippen LogP contribution in [0.25, 0.3) is 0 Å². The first-order valence-electron chi connectivity index (χ1n) is 8.33. The minimum absolute atomic E-state index is 0.303.